The number of hydrogen-bond acceptors (Lipinski definition) is 14. The molecule has 0 fully saturated rings. The molecule has 0 atom stereocenters. The molecule has 4 N–H and O–H groups in total. The zero-order chi connectivity index (χ0) is 36.2. The van der Waals surface area contributed by atoms with Gasteiger partial charge in [0.2, 0.25) is 0 Å². The smallest absolute Gasteiger partial charge is 0.872 e. The zero-order valence-electron chi connectivity index (χ0n) is 26.7. The van der Waals surface area contributed by atoms with Crippen LogP contribution in [0.1, 0.15) is 37.8 Å². The number of rotatable bonds is 14. The summed E-state index contributed by atoms with van der Waals surface area (Å²) in [6, 6.07) is 11.1. The normalized spacial score (nSPS) is 8.04. The summed E-state index contributed by atoms with van der Waals surface area (Å²) in [7, 11) is 3.74. The van der Waals surface area contributed by atoms with Crippen molar-refractivity contribution in [2.24, 2.45) is 0 Å². The van der Waals surface area contributed by atoms with E-state index in [9.17, 15) is 30.4 Å². The maximum absolute atomic E-state index is 11.4. The molecule has 0 spiro atoms. The number of nitro groups is 2. The van der Waals surface area contributed by atoms with E-state index in [1.165, 1.54) is 60.6 Å². The number of thiocarbonyl (C=S) groups is 2. The van der Waals surface area contributed by atoms with Crippen molar-refractivity contribution in [3.05, 3.63) is 78.6 Å². The maximum Gasteiger partial charge on any atom is 2.00 e. The molecule has 268 valence electrons. The molecule has 2 aromatic rings. The molecular weight excluding hydrogens is 754 g/mol. The monoisotopic (exact) mass is 790 g/mol. The second kappa shape index (κ2) is 43.2. The van der Waals surface area contributed by atoms with E-state index in [-0.39, 0.29) is 55.9 Å². The van der Waals surface area contributed by atoms with Gasteiger partial charge in [0.25, 0.3) is 11.4 Å². The van der Waals surface area contributed by atoms with Crippen LogP contribution in [0.5, 0.6) is 11.5 Å². The summed E-state index contributed by atoms with van der Waals surface area (Å²) in [5, 5.41) is 87.7. The zero-order valence-corrected chi connectivity index (χ0v) is 30.3. The molecule has 0 aromatic heterocycles. The van der Waals surface area contributed by atoms with E-state index in [4.69, 9.17) is 21.3 Å². The first-order valence-electron chi connectivity index (χ1n) is 13.2. The number of nitro benzene ring substituents is 2. The van der Waals surface area contributed by atoms with Crippen LogP contribution >= 0.6 is 24.4 Å². The van der Waals surface area contributed by atoms with Crippen molar-refractivity contribution in [2.45, 2.75) is 39.8 Å². The van der Waals surface area contributed by atoms with Crippen molar-refractivity contribution in [1.29, 1.82) is 10.5 Å². The van der Waals surface area contributed by atoms with Gasteiger partial charge < -0.3 is 42.3 Å². The predicted octanol–water partition coefficient (Wildman–Crippen LogP) is 3.11. The molecule has 20 heteroatoms. The topological polar surface area (TPSA) is 273 Å². The summed E-state index contributed by atoms with van der Waals surface area (Å²) in [5.74, 6) is -0.339. The van der Waals surface area contributed by atoms with Gasteiger partial charge in [0, 0.05) is 51.2 Å². The molecule has 48 heavy (non-hydrogen) atoms. The molecule has 0 saturated heterocycles. The number of nitrogens with one attached hydrogen (secondary N) is 4. The molecule has 0 unspecified atom stereocenters. The van der Waals surface area contributed by atoms with E-state index < -0.39 is 9.85 Å². The molecule has 0 aliphatic heterocycles. The van der Waals surface area contributed by atoms with Crippen molar-refractivity contribution < 1.29 is 53.0 Å². The second-order valence-corrected chi connectivity index (χ2v) is 8.36. The van der Waals surface area contributed by atoms with E-state index in [1.54, 1.807) is 12.1 Å². The standard InChI is InChI=1S/2C11H17N3O3.2C2H3N.2CNS.2Ni/c2*1-12-5-2-6-13-8-9-7-10(14(16)17)3-4-11(9)15;2*1-2-3;2*2-1-3;;/h2*3-4,7,12-13,15H,2,5-6,8H2,1H3;2*1H3;;;;/q;;;;2*-1;2*+2/p-2. The largest absolute Gasteiger partial charge is 2.00 e. The number of nitriles is 2. The Labute approximate surface area is 311 Å². The van der Waals surface area contributed by atoms with Gasteiger partial charge >= 0.3 is 33.0 Å². The van der Waals surface area contributed by atoms with Gasteiger partial charge in [-0.05, 0) is 64.2 Å². The molecular formula is C28H38N10Ni2O6S2. The number of isothiocyanates is 2. The van der Waals surface area contributed by atoms with Crippen molar-refractivity contribution in [3.63, 3.8) is 0 Å². The molecule has 0 aliphatic carbocycles. The van der Waals surface area contributed by atoms with Crippen molar-refractivity contribution in [1.82, 2.24) is 21.3 Å². The molecule has 2 aromatic carbocycles. The maximum atomic E-state index is 11.4. The fourth-order valence-corrected chi connectivity index (χ4v) is 2.86. The molecule has 2 rings (SSSR count). The summed E-state index contributed by atoms with van der Waals surface area (Å²) >= 11 is 7.40. The Morgan fingerprint density at radius 1 is 0.708 bits per heavy atom. The Bertz CT molecular complexity index is 1190. The van der Waals surface area contributed by atoms with Gasteiger partial charge in [-0.25, -0.2) is 0 Å². The quantitative estimate of drug-likeness (QED) is 0.0535. The molecule has 0 amide bonds. The number of benzene rings is 2. The summed E-state index contributed by atoms with van der Waals surface area (Å²) < 4.78 is 0. The molecule has 0 saturated carbocycles. The van der Waals surface area contributed by atoms with E-state index in [0.29, 0.717) is 24.2 Å². The van der Waals surface area contributed by atoms with Gasteiger partial charge in [0.1, 0.15) is 0 Å². The van der Waals surface area contributed by atoms with Crippen LogP contribution < -0.4 is 31.5 Å². The fourth-order valence-electron chi connectivity index (χ4n) is 2.86. The summed E-state index contributed by atoms with van der Waals surface area (Å²) in [6.07, 6.45) is 1.89. The Morgan fingerprint density at radius 3 is 1.21 bits per heavy atom. The van der Waals surface area contributed by atoms with Gasteiger partial charge in [-0.3, -0.25) is 20.2 Å². The van der Waals surface area contributed by atoms with Gasteiger partial charge in [-0.2, -0.15) is 20.8 Å². The number of hydrogen-bond donors (Lipinski definition) is 4. The van der Waals surface area contributed by atoms with E-state index >= 15 is 0 Å². The fraction of sp³-hybridized carbons (Fsp3) is 0.429. The summed E-state index contributed by atoms with van der Waals surface area (Å²) in [4.78, 5) is 20.1. The first-order chi connectivity index (χ1) is 22.0. The third-order valence-corrected chi connectivity index (χ3v) is 4.70. The Kier molecular flexibility index (Phi) is 51.0. The summed E-state index contributed by atoms with van der Waals surface area (Å²) in [6.45, 7) is 6.92. The number of nitrogens with zero attached hydrogens (tertiary/aromatic N) is 6. The first-order valence-corrected chi connectivity index (χ1v) is 14.0. The molecule has 16 nitrogen and oxygen atoms in total. The van der Waals surface area contributed by atoms with E-state index in [2.05, 4.69) is 45.7 Å². The minimum absolute atomic E-state index is 0. The first kappa shape index (κ1) is 56.6. The van der Waals surface area contributed by atoms with Crippen LogP contribution in [0.3, 0.4) is 0 Å². The molecule has 0 radical (unpaired) electrons. The SMILES string of the molecule is CC#N.CC#N.CNCCCNCc1cc([N+](=O)[O-])ccc1[O-].CNCCCNCc1cc([N+](=O)[O-])ccc1[O-].[N-]=C=S.[N-]=C=S.[Ni+2].[Ni+2]. The van der Waals surface area contributed by atoms with Gasteiger partial charge in [-0.15, -0.1) is 11.5 Å². The molecule has 0 aliphatic rings. The second-order valence-electron chi connectivity index (χ2n) is 8.00. The van der Waals surface area contributed by atoms with Crippen LogP contribution in [0.25, 0.3) is 10.8 Å². The van der Waals surface area contributed by atoms with Crippen LogP contribution in [0, 0.1) is 42.9 Å². The third kappa shape index (κ3) is 36.7. The van der Waals surface area contributed by atoms with Gasteiger partial charge in [0.15, 0.2) is 0 Å². The average molecular weight is 792 g/mol. The molecule has 0 bridgehead atoms. The Balaban J connectivity index is -0.000000134. The third-order valence-electron chi connectivity index (χ3n) is 4.70. The van der Waals surface area contributed by atoms with Crippen LogP contribution in [0.2, 0.25) is 0 Å². The van der Waals surface area contributed by atoms with Crippen molar-refractivity contribution in [3.8, 4) is 23.6 Å². The minimum Gasteiger partial charge on any atom is -0.872 e. The average Bonchev–Trinajstić information content (AvgIpc) is 3.00. The van der Waals surface area contributed by atoms with Crippen LogP contribution in [0.4, 0.5) is 11.4 Å². The van der Waals surface area contributed by atoms with Crippen LogP contribution in [-0.2, 0) is 46.1 Å². The molecule has 0 heterocycles. The Hall–Kier alpha value is -3.75. The van der Waals surface area contributed by atoms with Crippen molar-refractivity contribution >= 4 is 46.1 Å². The number of non-ortho nitro benzene ring substituents is 2. The van der Waals surface area contributed by atoms with E-state index in [0.717, 1.165) is 39.0 Å². The van der Waals surface area contributed by atoms with Gasteiger partial charge in [-0.1, -0.05) is 36.6 Å². The van der Waals surface area contributed by atoms with Crippen LogP contribution in [0.15, 0.2) is 36.4 Å². The van der Waals surface area contributed by atoms with Crippen molar-refractivity contribution in [2.75, 3.05) is 40.3 Å². The predicted molar refractivity (Wildman–Crippen MR) is 180 cm³/mol. The summed E-state index contributed by atoms with van der Waals surface area (Å²) in [5.41, 5.74) is 0.778. The van der Waals surface area contributed by atoms with E-state index in [1.807, 2.05) is 14.1 Å². The Morgan fingerprint density at radius 2 is 0.979 bits per heavy atom. The van der Waals surface area contributed by atoms with Gasteiger partial charge in [0.05, 0.1) is 22.0 Å². The minimum atomic E-state index is -0.496. The van der Waals surface area contributed by atoms with Crippen LogP contribution in [-0.4, -0.2) is 60.4 Å².